The highest BCUT2D eigenvalue weighted by Gasteiger charge is 2.22. The summed E-state index contributed by atoms with van der Waals surface area (Å²) in [4.78, 5) is 24.4. The van der Waals surface area contributed by atoms with Crippen molar-refractivity contribution in [2.45, 2.75) is 19.8 Å². The lowest BCUT2D eigenvalue weighted by atomic mass is 10.4. The number of furan rings is 1. The normalized spacial score (nSPS) is 15.2. The van der Waals surface area contributed by atoms with Gasteiger partial charge in [0.05, 0.1) is 0 Å². The molecule has 1 aromatic rings. The van der Waals surface area contributed by atoms with E-state index in [0.717, 1.165) is 25.9 Å². The van der Waals surface area contributed by atoms with Crippen molar-refractivity contribution >= 4 is 17.7 Å². The fraction of sp³-hybridized carbons (Fsp3) is 0.455. The van der Waals surface area contributed by atoms with Gasteiger partial charge < -0.3 is 9.32 Å². The first-order valence-corrected chi connectivity index (χ1v) is 5.33. The van der Waals surface area contributed by atoms with Gasteiger partial charge in [-0.25, -0.2) is 0 Å². The second-order valence-corrected chi connectivity index (χ2v) is 3.84. The van der Waals surface area contributed by atoms with Crippen molar-refractivity contribution in [3.63, 3.8) is 0 Å². The third-order valence-corrected chi connectivity index (χ3v) is 2.51. The summed E-state index contributed by atoms with van der Waals surface area (Å²) in [7, 11) is 0. The highest BCUT2D eigenvalue weighted by atomic mass is 16.4. The molecule has 16 heavy (non-hydrogen) atoms. The van der Waals surface area contributed by atoms with Crippen LogP contribution in [0.3, 0.4) is 0 Å². The molecule has 1 aliphatic rings. The Balaban J connectivity index is 2.05. The van der Waals surface area contributed by atoms with E-state index in [1.165, 1.54) is 6.92 Å². The Morgan fingerprint density at radius 3 is 2.62 bits per heavy atom. The summed E-state index contributed by atoms with van der Waals surface area (Å²) in [6, 6.07) is 3.18. The van der Waals surface area contributed by atoms with E-state index in [9.17, 15) is 9.59 Å². The highest BCUT2D eigenvalue weighted by Crippen LogP contribution is 2.17. The highest BCUT2D eigenvalue weighted by molar-refractivity contribution is 5.93. The van der Waals surface area contributed by atoms with Gasteiger partial charge in [0, 0.05) is 26.1 Å². The molecule has 0 spiro atoms. The maximum absolute atomic E-state index is 11.9. The second kappa shape index (κ2) is 4.38. The molecule has 86 valence electrons. The minimum absolute atomic E-state index is 0.103. The minimum Gasteiger partial charge on any atom is -0.435 e. The lowest BCUT2D eigenvalue weighted by molar-refractivity contribution is -0.114. The third kappa shape index (κ3) is 2.24. The van der Waals surface area contributed by atoms with Crippen molar-refractivity contribution < 1.29 is 14.0 Å². The van der Waals surface area contributed by atoms with Gasteiger partial charge in [0.2, 0.25) is 5.91 Å². The van der Waals surface area contributed by atoms with Crippen molar-refractivity contribution in [2.24, 2.45) is 0 Å². The SMILES string of the molecule is CC(=O)Nc1ccc(C(=O)N2CCCC2)o1. The van der Waals surface area contributed by atoms with Crippen LogP contribution in [-0.4, -0.2) is 29.8 Å². The molecule has 2 rings (SSSR count). The monoisotopic (exact) mass is 222 g/mol. The zero-order chi connectivity index (χ0) is 11.5. The average molecular weight is 222 g/mol. The van der Waals surface area contributed by atoms with E-state index < -0.39 is 0 Å². The third-order valence-electron chi connectivity index (χ3n) is 2.51. The number of nitrogens with one attached hydrogen (secondary N) is 1. The molecule has 1 saturated heterocycles. The first kappa shape index (κ1) is 10.7. The van der Waals surface area contributed by atoms with Gasteiger partial charge >= 0.3 is 0 Å². The quantitative estimate of drug-likeness (QED) is 0.824. The van der Waals surface area contributed by atoms with Gasteiger partial charge in [0.25, 0.3) is 5.91 Å². The van der Waals surface area contributed by atoms with Crippen LogP contribution in [0.5, 0.6) is 0 Å². The maximum atomic E-state index is 11.9. The number of hydrogen-bond acceptors (Lipinski definition) is 3. The van der Waals surface area contributed by atoms with Crippen molar-refractivity contribution in [3.8, 4) is 0 Å². The molecule has 1 fully saturated rings. The number of carbonyl (C=O) groups is 2. The molecule has 0 unspecified atom stereocenters. The first-order valence-electron chi connectivity index (χ1n) is 5.33. The van der Waals surface area contributed by atoms with Gasteiger partial charge in [-0.1, -0.05) is 0 Å². The van der Waals surface area contributed by atoms with Gasteiger partial charge in [0.15, 0.2) is 11.6 Å². The lowest BCUT2D eigenvalue weighted by Crippen LogP contribution is -2.27. The van der Waals surface area contributed by atoms with Crippen molar-refractivity contribution in [2.75, 3.05) is 18.4 Å². The number of likely N-dealkylation sites (tertiary alicyclic amines) is 1. The van der Waals surface area contributed by atoms with Gasteiger partial charge in [-0.15, -0.1) is 0 Å². The molecule has 0 atom stereocenters. The molecular formula is C11H14N2O3. The van der Waals surface area contributed by atoms with Crippen LogP contribution in [0.1, 0.15) is 30.3 Å². The number of nitrogens with zero attached hydrogens (tertiary/aromatic N) is 1. The molecule has 0 aromatic carbocycles. The van der Waals surface area contributed by atoms with Crippen LogP contribution >= 0.6 is 0 Å². The molecule has 2 heterocycles. The Bertz CT molecular complexity index is 405. The summed E-state index contributed by atoms with van der Waals surface area (Å²) < 4.78 is 5.25. The molecular weight excluding hydrogens is 208 g/mol. The van der Waals surface area contributed by atoms with Crippen molar-refractivity contribution in [3.05, 3.63) is 17.9 Å². The van der Waals surface area contributed by atoms with Crippen LogP contribution in [-0.2, 0) is 4.79 Å². The Morgan fingerprint density at radius 1 is 1.31 bits per heavy atom. The van der Waals surface area contributed by atoms with E-state index in [0.29, 0.717) is 5.88 Å². The number of amides is 2. The van der Waals surface area contributed by atoms with Crippen LogP contribution in [0, 0.1) is 0 Å². The van der Waals surface area contributed by atoms with Gasteiger partial charge in [-0.2, -0.15) is 0 Å². The molecule has 1 aromatic heterocycles. The molecule has 0 bridgehead atoms. The van der Waals surface area contributed by atoms with Crippen LogP contribution in [0.15, 0.2) is 16.5 Å². The molecule has 5 nitrogen and oxygen atoms in total. The molecule has 0 radical (unpaired) electrons. The van der Waals surface area contributed by atoms with Gasteiger partial charge in [-0.3, -0.25) is 14.9 Å². The van der Waals surface area contributed by atoms with E-state index in [-0.39, 0.29) is 17.6 Å². The zero-order valence-corrected chi connectivity index (χ0v) is 9.16. The second-order valence-electron chi connectivity index (χ2n) is 3.84. The van der Waals surface area contributed by atoms with Gasteiger partial charge in [-0.05, 0) is 18.9 Å². The topological polar surface area (TPSA) is 62.6 Å². The largest absolute Gasteiger partial charge is 0.435 e. The van der Waals surface area contributed by atoms with E-state index in [4.69, 9.17) is 4.42 Å². The Labute approximate surface area is 93.4 Å². The average Bonchev–Trinajstić information content (AvgIpc) is 2.84. The van der Waals surface area contributed by atoms with Crippen LogP contribution in [0.25, 0.3) is 0 Å². The van der Waals surface area contributed by atoms with Gasteiger partial charge in [0.1, 0.15) is 0 Å². The first-order chi connectivity index (χ1) is 7.66. The molecule has 2 amide bonds. The number of anilines is 1. The molecule has 0 aliphatic carbocycles. The van der Waals surface area contributed by atoms with E-state index in [1.807, 2.05) is 0 Å². The standard InChI is InChI=1S/C11H14N2O3/c1-8(14)12-10-5-4-9(16-10)11(15)13-6-2-3-7-13/h4-5H,2-3,6-7H2,1H3,(H,12,14). The van der Waals surface area contributed by atoms with E-state index in [2.05, 4.69) is 5.32 Å². The Kier molecular flexibility index (Phi) is 2.94. The number of rotatable bonds is 2. The molecule has 0 saturated carbocycles. The van der Waals surface area contributed by atoms with Crippen LogP contribution in [0.4, 0.5) is 5.88 Å². The number of hydrogen-bond donors (Lipinski definition) is 1. The number of carbonyl (C=O) groups excluding carboxylic acids is 2. The van der Waals surface area contributed by atoms with Crippen LogP contribution < -0.4 is 5.32 Å². The predicted molar refractivity (Wildman–Crippen MR) is 58.1 cm³/mol. The van der Waals surface area contributed by atoms with Crippen molar-refractivity contribution in [1.82, 2.24) is 4.90 Å². The Hall–Kier alpha value is -1.78. The molecule has 1 aliphatic heterocycles. The zero-order valence-electron chi connectivity index (χ0n) is 9.16. The van der Waals surface area contributed by atoms with E-state index in [1.54, 1.807) is 17.0 Å². The lowest BCUT2D eigenvalue weighted by Gasteiger charge is -2.12. The summed E-state index contributed by atoms with van der Waals surface area (Å²) in [5, 5.41) is 2.49. The maximum Gasteiger partial charge on any atom is 0.289 e. The van der Waals surface area contributed by atoms with E-state index >= 15 is 0 Å². The molecule has 1 N–H and O–H groups in total. The van der Waals surface area contributed by atoms with Crippen LogP contribution in [0.2, 0.25) is 0 Å². The Morgan fingerprint density at radius 2 is 2.00 bits per heavy atom. The fourth-order valence-electron chi connectivity index (χ4n) is 1.77. The molecule has 5 heteroatoms. The fourth-order valence-corrected chi connectivity index (χ4v) is 1.77. The summed E-state index contributed by atoms with van der Waals surface area (Å²) in [5.74, 6) is 0.282. The van der Waals surface area contributed by atoms with Crippen molar-refractivity contribution in [1.29, 1.82) is 0 Å². The summed E-state index contributed by atoms with van der Waals surface area (Å²) in [6.45, 7) is 2.97. The summed E-state index contributed by atoms with van der Waals surface area (Å²) in [6.07, 6.45) is 2.09. The minimum atomic E-state index is -0.213. The smallest absolute Gasteiger partial charge is 0.289 e. The summed E-state index contributed by atoms with van der Waals surface area (Å²) in [5.41, 5.74) is 0. The summed E-state index contributed by atoms with van der Waals surface area (Å²) >= 11 is 0. The predicted octanol–water partition coefficient (Wildman–Crippen LogP) is 1.47.